The fourth-order valence-electron chi connectivity index (χ4n) is 3.25. The maximum absolute atomic E-state index is 6.52. The summed E-state index contributed by atoms with van der Waals surface area (Å²) in [6.45, 7) is 0.670. The third-order valence-corrected chi connectivity index (χ3v) is 4.99. The van der Waals surface area contributed by atoms with Gasteiger partial charge in [-0.1, -0.05) is 23.2 Å². The monoisotopic (exact) mass is 392 g/mol. The molecule has 0 saturated heterocycles. The Balaban J connectivity index is 2.21. The molecule has 3 aromatic rings. The summed E-state index contributed by atoms with van der Waals surface area (Å²) in [5.41, 5.74) is 9.68. The number of aryl methyl sites for hydroxylation is 1. The third kappa shape index (κ3) is 3.63. The number of fused-ring (bicyclic) bond motifs is 1. The van der Waals surface area contributed by atoms with Crippen molar-refractivity contribution in [3.63, 3.8) is 0 Å². The third-order valence-electron chi connectivity index (χ3n) is 4.48. The van der Waals surface area contributed by atoms with E-state index < -0.39 is 0 Å². The molecule has 0 bridgehead atoms. The van der Waals surface area contributed by atoms with Crippen molar-refractivity contribution in [2.24, 2.45) is 5.73 Å². The van der Waals surface area contributed by atoms with E-state index in [0.29, 0.717) is 16.6 Å². The van der Waals surface area contributed by atoms with E-state index in [2.05, 4.69) is 4.98 Å². The number of aromatic amines is 1. The summed E-state index contributed by atoms with van der Waals surface area (Å²) in [5.74, 6) is 1.48. The van der Waals surface area contributed by atoms with Crippen LogP contribution in [0.2, 0.25) is 10.0 Å². The van der Waals surface area contributed by atoms with Crippen LogP contribution in [0.15, 0.2) is 30.3 Å². The molecule has 0 aliphatic carbocycles. The van der Waals surface area contributed by atoms with Crippen LogP contribution in [0.1, 0.15) is 18.4 Å². The molecule has 0 aliphatic heterocycles. The molecule has 0 spiro atoms. The number of rotatable bonds is 7. The topological polar surface area (TPSA) is 60.3 Å². The molecule has 0 radical (unpaired) electrons. The van der Waals surface area contributed by atoms with Gasteiger partial charge in [-0.3, -0.25) is 0 Å². The van der Waals surface area contributed by atoms with Crippen LogP contribution in [0.5, 0.6) is 11.5 Å². The zero-order valence-corrected chi connectivity index (χ0v) is 16.4. The van der Waals surface area contributed by atoms with Crippen LogP contribution in [0.3, 0.4) is 0 Å². The molecule has 1 heterocycles. The first-order valence-corrected chi connectivity index (χ1v) is 9.26. The van der Waals surface area contributed by atoms with Crippen molar-refractivity contribution < 1.29 is 9.47 Å². The van der Waals surface area contributed by atoms with Gasteiger partial charge in [-0.15, -0.1) is 0 Å². The molecular formula is C20H22Cl2N2O2. The Labute approximate surface area is 163 Å². The Morgan fingerprint density at radius 3 is 2.54 bits per heavy atom. The molecule has 0 amide bonds. The van der Waals surface area contributed by atoms with Crippen LogP contribution in [0, 0.1) is 0 Å². The molecule has 6 heteroatoms. The molecule has 0 atom stereocenters. The van der Waals surface area contributed by atoms with Crippen molar-refractivity contribution in [3.8, 4) is 22.8 Å². The quantitative estimate of drug-likeness (QED) is 0.526. The smallest absolute Gasteiger partial charge is 0.131 e. The van der Waals surface area contributed by atoms with Crippen LogP contribution in [-0.4, -0.2) is 25.7 Å². The summed E-state index contributed by atoms with van der Waals surface area (Å²) in [7, 11) is 3.29. The minimum Gasteiger partial charge on any atom is -0.497 e. The van der Waals surface area contributed by atoms with Gasteiger partial charge in [-0.25, -0.2) is 0 Å². The predicted octanol–water partition coefficient (Wildman–Crippen LogP) is 5.44. The van der Waals surface area contributed by atoms with Crippen molar-refractivity contribution >= 4 is 34.1 Å². The van der Waals surface area contributed by atoms with Crippen molar-refractivity contribution in [2.75, 3.05) is 20.8 Å². The number of nitrogens with two attached hydrogens (primary N) is 1. The second kappa shape index (κ2) is 8.21. The summed E-state index contributed by atoms with van der Waals surface area (Å²) in [4.78, 5) is 3.48. The molecule has 0 aliphatic rings. The van der Waals surface area contributed by atoms with Crippen LogP contribution in [0.4, 0.5) is 0 Å². The van der Waals surface area contributed by atoms with E-state index in [1.807, 2.05) is 24.3 Å². The number of H-pyrrole nitrogens is 1. The molecule has 2 aromatic carbocycles. The summed E-state index contributed by atoms with van der Waals surface area (Å²) >= 11 is 12.7. The molecule has 1 aromatic heterocycles. The molecule has 3 N–H and O–H groups in total. The molecule has 3 rings (SSSR count). The van der Waals surface area contributed by atoms with Gasteiger partial charge in [0.05, 0.1) is 24.9 Å². The van der Waals surface area contributed by atoms with Crippen molar-refractivity contribution in [1.29, 1.82) is 0 Å². The normalized spacial score (nSPS) is 11.1. The number of hydrogen-bond donors (Lipinski definition) is 2. The fourth-order valence-corrected chi connectivity index (χ4v) is 3.85. The predicted molar refractivity (Wildman–Crippen MR) is 109 cm³/mol. The number of aromatic nitrogens is 1. The molecule has 0 saturated carbocycles. The van der Waals surface area contributed by atoms with E-state index in [1.165, 1.54) is 0 Å². The van der Waals surface area contributed by atoms with Gasteiger partial charge in [0.1, 0.15) is 11.5 Å². The molecule has 4 nitrogen and oxygen atoms in total. The lowest BCUT2D eigenvalue weighted by atomic mass is 9.99. The van der Waals surface area contributed by atoms with Crippen LogP contribution in [0.25, 0.3) is 22.2 Å². The Kier molecular flexibility index (Phi) is 5.97. The van der Waals surface area contributed by atoms with Gasteiger partial charge in [-0.2, -0.15) is 0 Å². The SMILES string of the molecule is COc1ccc(-c2[nH]c3cc(Cl)cc(Cl)c3c2CCCCN)c(OC)c1. The highest BCUT2D eigenvalue weighted by Crippen LogP contribution is 2.41. The second-order valence-corrected chi connectivity index (χ2v) is 6.94. The number of hydrogen-bond acceptors (Lipinski definition) is 3. The minimum atomic E-state index is 0.602. The van der Waals surface area contributed by atoms with E-state index >= 15 is 0 Å². The Bertz CT molecular complexity index is 922. The van der Waals surface area contributed by atoms with Crippen LogP contribution >= 0.6 is 23.2 Å². The summed E-state index contributed by atoms with van der Waals surface area (Å²) in [6.07, 6.45) is 2.80. The van der Waals surface area contributed by atoms with E-state index in [1.54, 1.807) is 20.3 Å². The molecule has 138 valence electrons. The largest absolute Gasteiger partial charge is 0.497 e. The van der Waals surface area contributed by atoms with Gasteiger partial charge < -0.3 is 20.2 Å². The fraction of sp³-hybridized carbons (Fsp3) is 0.300. The van der Waals surface area contributed by atoms with E-state index in [9.17, 15) is 0 Å². The maximum Gasteiger partial charge on any atom is 0.131 e. The average Bonchev–Trinajstić information content (AvgIpc) is 2.99. The van der Waals surface area contributed by atoms with Crippen LogP contribution in [-0.2, 0) is 6.42 Å². The van der Waals surface area contributed by atoms with Crippen LogP contribution < -0.4 is 15.2 Å². The first-order chi connectivity index (χ1) is 12.6. The van der Waals surface area contributed by atoms with Gasteiger partial charge in [0.25, 0.3) is 0 Å². The zero-order chi connectivity index (χ0) is 18.7. The van der Waals surface area contributed by atoms with Crippen molar-refractivity contribution in [3.05, 3.63) is 45.9 Å². The van der Waals surface area contributed by atoms with E-state index in [-0.39, 0.29) is 0 Å². The highest BCUT2D eigenvalue weighted by molar-refractivity contribution is 6.39. The van der Waals surface area contributed by atoms with Gasteiger partial charge in [0.2, 0.25) is 0 Å². The highest BCUT2D eigenvalue weighted by Gasteiger charge is 2.19. The van der Waals surface area contributed by atoms with E-state index in [0.717, 1.165) is 58.5 Å². The summed E-state index contributed by atoms with van der Waals surface area (Å²) < 4.78 is 10.9. The van der Waals surface area contributed by atoms with E-state index in [4.69, 9.17) is 38.4 Å². The Hall–Kier alpha value is -1.88. The number of unbranched alkanes of at least 4 members (excludes halogenated alkanes) is 1. The maximum atomic E-state index is 6.52. The average molecular weight is 393 g/mol. The first-order valence-electron chi connectivity index (χ1n) is 8.51. The Morgan fingerprint density at radius 1 is 1.04 bits per heavy atom. The Morgan fingerprint density at radius 2 is 1.85 bits per heavy atom. The molecule has 26 heavy (non-hydrogen) atoms. The zero-order valence-electron chi connectivity index (χ0n) is 14.9. The van der Waals surface area contributed by atoms with Gasteiger partial charge in [-0.05, 0) is 55.6 Å². The minimum absolute atomic E-state index is 0.602. The first kappa shape index (κ1) is 18.9. The second-order valence-electron chi connectivity index (χ2n) is 6.10. The molecule has 0 fully saturated rings. The molecular weight excluding hydrogens is 371 g/mol. The number of methoxy groups -OCH3 is 2. The number of nitrogens with one attached hydrogen (secondary N) is 1. The highest BCUT2D eigenvalue weighted by atomic mass is 35.5. The van der Waals surface area contributed by atoms with Crippen molar-refractivity contribution in [2.45, 2.75) is 19.3 Å². The van der Waals surface area contributed by atoms with Gasteiger partial charge >= 0.3 is 0 Å². The molecule has 0 unspecified atom stereocenters. The summed E-state index contributed by atoms with van der Waals surface area (Å²) in [6, 6.07) is 9.46. The number of benzene rings is 2. The lowest BCUT2D eigenvalue weighted by Gasteiger charge is -2.12. The summed E-state index contributed by atoms with van der Waals surface area (Å²) in [5, 5.41) is 2.25. The van der Waals surface area contributed by atoms with Gasteiger partial charge in [0.15, 0.2) is 0 Å². The number of halogens is 2. The number of ether oxygens (including phenoxy) is 2. The van der Waals surface area contributed by atoms with Crippen molar-refractivity contribution in [1.82, 2.24) is 4.98 Å². The lowest BCUT2D eigenvalue weighted by Crippen LogP contribution is -1.99. The van der Waals surface area contributed by atoms with Gasteiger partial charge in [0, 0.05) is 27.6 Å². The standard InChI is InChI=1S/C20H22Cl2N2O2/c1-25-13-6-7-14(18(11-13)26-2)20-15(5-3-4-8-23)19-16(22)9-12(21)10-17(19)24-20/h6-7,9-11,24H,3-5,8,23H2,1-2H3. The lowest BCUT2D eigenvalue weighted by molar-refractivity contribution is 0.395.